The highest BCUT2D eigenvalue weighted by Gasteiger charge is 2.30. The molecule has 2 aromatic rings. The molecule has 0 aliphatic carbocycles. The van der Waals surface area contributed by atoms with Gasteiger partial charge in [0.05, 0.1) is 11.4 Å². The van der Waals surface area contributed by atoms with E-state index >= 15 is 0 Å². The Morgan fingerprint density at radius 2 is 2.11 bits per heavy atom. The number of hydrogen-bond donors (Lipinski definition) is 1. The molecule has 1 atom stereocenters. The Bertz CT molecular complexity index is 862. The summed E-state index contributed by atoms with van der Waals surface area (Å²) in [4.78, 5) is 37.9. The molecule has 1 aliphatic rings. The zero-order chi connectivity index (χ0) is 19.4. The van der Waals surface area contributed by atoms with Gasteiger partial charge in [-0.05, 0) is 31.1 Å². The van der Waals surface area contributed by atoms with Crippen molar-refractivity contribution in [2.45, 2.75) is 26.3 Å². The number of hydrogen-bond acceptors (Lipinski definition) is 7. The molecular formula is C18H19N3O6. The molecule has 0 unspecified atom stereocenters. The fourth-order valence-corrected chi connectivity index (χ4v) is 2.77. The van der Waals surface area contributed by atoms with Crippen molar-refractivity contribution in [1.82, 2.24) is 5.16 Å². The Kier molecular flexibility index (Phi) is 5.39. The summed E-state index contributed by atoms with van der Waals surface area (Å²) in [5.74, 6) is -0.620. The van der Waals surface area contributed by atoms with Gasteiger partial charge in [0.25, 0.3) is 11.8 Å². The normalized spacial score (nSPS) is 16.1. The molecule has 0 fully saturated rings. The van der Waals surface area contributed by atoms with Crippen LogP contribution in [0.4, 0.5) is 11.4 Å². The molecule has 3 rings (SSSR count). The Morgan fingerprint density at radius 1 is 1.33 bits per heavy atom. The van der Waals surface area contributed by atoms with E-state index < -0.39 is 25.1 Å². The number of anilines is 2. The fourth-order valence-electron chi connectivity index (χ4n) is 2.77. The van der Waals surface area contributed by atoms with Crippen molar-refractivity contribution in [3.05, 3.63) is 36.1 Å². The molecular weight excluding hydrogens is 354 g/mol. The minimum Gasteiger partial charge on any atom is -0.463 e. The van der Waals surface area contributed by atoms with Gasteiger partial charge in [0, 0.05) is 18.5 Å². The van der Waals surface area contributed by atoms with Gasteiger partial charge in [0.2, 0.25) is 5.91 Å². The molecule has 9 nitrogen and oxygen atoms in total. The van der Waals surface area contributed by atoms with Crippen LogP contribution in [-0.4, -0.2) is 42.2 Å². The largest absolute Gasteiger partial charge is 0.463 e. The molecule has 1 aromatic carbocycles. The molecule has 2 amide bonds. The van der Waals surface area contributed by atoms with Crippen molar-refractivity contribution in [2.75, 3.05) is 23.4 Å². The number of benzene rings is 1. The highest BCUT2D eigenvalue weighted by atomic mass is 16.6. The van der Waals surface area contributed by atoms with Crippen LogP contribution >= 0.6 is 0 Å². The first kappa shape index (κ1) is 18.4. The van der Waals surface area contributed by atoms with Crippen LogP contribution in [0.1, 0.15) is 19.1 Å². The van der Waals surface area contributed by atoms with E-state index in [1.54, 1.807) is 38.1 Å². The zero-order valence-electron chi connectivity index (χ0n) is 14.9. The second-order valence-corrected chi connectivity index (χ2v) is 6.11. The van der Waals surface area contributed by atoms with E-state index in [0.29, 0.717) is 17.1 Å². The number of nitrogens with zero attached hydrogens (tertiary/aromatic N) is 2. The quantitative estimate of drug-likeness (QED) is 0.794. The summed E-state index contributed by atoms with van der Waals surface area (Å²) < 4.78 is 14.9. The third kappa shape index (κ3) is 4.43. The molecule has 0 saturated carbocycles. The summed E-state index contributed by atoms with van der Waals surface area (Å²) in [7, 11) is 0. The van der Waals surface area contributed by atoms with Gasteiger partial charge in [0.15, 0.2) is 13.2 Å². The van der Waals surface area contributed by atoms with E-state index in [1.807, 2.05) is 0 Å². The van der Waals surface area contributed by atoms with E-state index in [9.17, 15) is 14.4 Å². The maximum Gasteiger partial charge on any atom is 0.344 e. The first-order valence-corrected chi connectivity index (χ1v) is 8.36. The number of amides is 2. The summed E-state index contributed by atoms with van der Waals surface area (Å²) >= 11 is 0. The van der Waals surface area contributed by atoms with Crippen molar-refractivity contribution in [2.24, 2.45) is 0 Å². The molecule has 0 bridgehead atoms. The topological polar surface area (TPSA) is 111 Å². The smallest absolute Gasteiger partial charge is 0.344 e. The molecule has 0 radical (unpaired) electrons. The van der Waals surface area contributed by atoms with Crippen molar-refractivity contribution >= 4 is 29.2 Å². The van der Waals surface area contributed by atoms with Gasteiger partial charge in [-0.25, -0.2) is 4.79 Å². The predicted molar refractivity (Wildman–Crippen MR) is 94.3 cm³/mol. The third-order valence-electron chi connectivity index (χ3n) is 3.93. The van der Waals surface area contributed by atoms with Gasteiger partial charge in [0.1, 0.15) is 5.76 Å². The second kappa shape index (κ2) is 7.90. The van der Waals surface area contributed by atoms with E-state index in [2.05, 4.69) is 10.5 Å². The lowest BCUT2D eigenvalue weighted by Crippen LogP contribution is -2.41. The monoisotopic (exact) mass is 373 g/mol. The van der Waals surface area contributed by atoms with Gasteiger partial charge in [-0.15, -0.1) is 0 Å². The highest BCUT2D eigenvalue weighted by Crippen LogP contribution is 2.31. The van der Waals surface area contributed by atoms with Gasteiger partial charge in [-0.3, -0.25) is 9.59 Å². The lowest BCUT2D eigenvalue weighted by Gasteiger charge is -2.27. The van der Waals surface area contributed by atoms with Crippen LogP contribution in [0, 0.1) is 6.92 Å². The number of rotatable bonds is 5. The van der Waals surface area contributed by atoms with E-state index in [-0.39, 0.29) is 24.2 Å². The maximum atomic E-state index is 12.7. The SMILES string of the molecule is Cc1cc(OCC(=O)OCC(=O)N2c3ccccc3NC(=O)C[C@H]2C)no1. The molecule has 1 aromatic heterocycles. The lowest BCUT2D eigenvalue weighted by molar-refractivity contribution is -0.150. The summed E-state index contributed by atoms with van der Waals surface area (Å²) in [5.41, 5.74) is 1.10. The standard InChI is InChI=1S/C18H19N3O6/c1-11-7-15(22)19-13-5-3-4-6-14(13)21(11)17(23)9-26-18(24)10-25-16-8-12(2)27-20-16/h3-6,8,11H,7,9-10H2,1-2H3,(H,19,22)/t11-/m1/s1. The molecule has 2 heterocycles. The summed E-state index contributed by atoms with van der Waals surface area (Å²) in [5, 5.41) is 6.36. The van der Waals surface area contributed by atoms with Crippen molar-refractivity contribution in [3.8, 4) is 5.88 Å². The Hall–Kier alpha value is -3.36. The van der Waals surface area contributed by atoms with Crippen molar-refractivity contribution < 1.29 is 28.4 Å². The summed E-state index contributed by atoms with van der Waals surface area (Å²) in [6.07, 6.45) is 0.142. The molecule has 0 spiro atoms. The van der Waals surface area contributed by atoms with Crippen molar-refractivity contribution in [1.29, 1.82) is 0 Å². The third-order valence-corrected chi connectivity index (χ3v) is 3.93. The van der Waals surface area contributed by atoms with Crippen molar-refractivity contribution in [3.63, 3.8) is 0 Å². The van der Waals surface area contributed by atoms with E-state index in [1.165, 1.54) is 11.0 Å². The Balaban J connectivity index is 1.61. The lowest BCUT2D eigenvalue weighted by atomic mass is 10.1. The number of nitrogens with one attached hydrogen (secondary N) is 1. The van der Waals surface area contributed by atoms with E-state index in [4.69, 9.17) is 14.0 Å². The number of para-hydroxylation sites is 2. The average molecular weight is 373 g/mol. The zero-order valence-corrected chi connectivity index (χ0v) is 14.9. The second-order valence-electron chi connectivity index (χ2n) is 6.11. The van der Waals surface area contributed by atoms with Gasteiger partial charge >= 0.3 is 5.97 Å². The number of carbonyl (C=O) groups excluding carboxylic acids is 3. The van der Waals surface area contributed by atoms with Crippen LogP contribution in [0.25, 0.3) is 0 Å². The number of ether oxygens (including phenoxy) is 2. The predicted octanol–water partition coefficient (Wildman–Crippen LogP) is 1.67. The van der Waals surface area contributed by atoms with Crippen LogP contribution < -0.4 is 15.0 Å². The fraction of sp³-hybridized carbons (Fsp3) is 0.333. The van der Waals surface area contributed by atoms with Gasteiger partial charge < -0.3 is 24.2 Å². The van der Waals surface area contributed by atoms with Crippen LogP contribution in [0.15, 0.2) is 34.9 Å². The minimum absolute atomic E-state index is 0.142. The molecule has 1 N–H and O–H groups in total. The maximum absolute atomic E-state index is 12.7. The Morgan fingerprint density at radius 3 is 2.85 bits per heavy atom. The molecule has 0 saturated heterocycles. The first-order valence-electron chi connectivity index (χ1n) is 8.36. The van der Waals surface area contributed by atoms with Gasteiger partial charge in [-0.2, -0.15) is 0 Å². The average Bonchev–Trinajstić information content (AvgIpc) is 2.99. The highest BCUT2D eigenvalue weighted by molar-refractivity contribution is 6.05. The number of aromatic nitrogens is 1. The minimum atomic E-state index is -0.714. The van der Waals surface area contributed by atoms with Crippen LogP contribution in [0.3, 0.4) is 0 Å². The Labute approximate surface area is 155 Å². The summed E-state index contributed by atoms with van der Waals surface area (Å²) in [6.45, 7) is 2.59. The molecule has 27 heavy (non-hydrogen) atoms. The summed E-state index contributed by atoms with van der Waals surface area (Å²) in [6, 6.07) is 8.12. The van der Waals surface area contributed by atoms with Crippen LogP contribution in [0.5, 0.6) is 5.88 Å². The molecule has 1 aliphatic heterocycles. The first-order chi connectivity index (χ1) is 12.9. The number of carbonyl (C=O) groups is 3. The molecule has 142 valence electrons. The number of esters is 1. The number of fused-ring (bicyclic) bond motifs is 1. The van der Waals surface area contributed by atoms with E-state index in [0.717, 1.165) is 0 Å². The number of aryl methyl sites for hydroxylation is 1. The van der Waals surface area contributed by atoms with Gasteiger partial charge in [-0.1, -0.05) is 12.1 Å². The van der Waals surface area contributed by atoms with Crippen LogP contribution in [0.2, 0.25) is 0 Å². The molecule has 9 heteroatoms. The van der Waals surface area contributed by atoms with Crippen LogP contribution in [-0.2, 0) is 19.1 Å².